The van der Waals surface area contributed by atoms with Gasteiger partial charge in [0.05, 0.1) is 23.8 Å². The van der Waals surface area contributed by atoms with Gasteiger partial charge in [-0.1, -0.05) is 31.1 Å². The summed E-state index contributed by atoms with van der Waals surface area (Å²) in [7, 11) is 0. The molecule has 0 bridgehead atoms. The second kappa shape index (κ2) is 8.18. The van der Waals surface area contributed by atoms with E-state index >= 15 is 0 Å². The summed E-state index contributed by atoms with van der Waals surface area (Å²) < 4.78 is 0. The molecule has 1 fully saturated rings. The third-order valence-electron chi connectivity index (χ3n) is 4.02. The minimum atomic E-state index is -1.14. The fourth-order valence-corrected chi connectivity index (χ4v) is 2.89. The molecule has 1 aliphatic carbocycles. The summed E-state index contributed by atoms with van der Waals surface area (Å²) in [6, 6.07) is -0.535. The third-order valence-corrected chi connectivity index (χ3v) is 4.20. The van der Waals surface area contributed by atoms with Gasteiger partial charge in [-0.3, -0.25) is 0 Å². The molecule has 1 saturated carbocycles. The Labute approximate surface area is 145 Å². The van der Waals surface area contributed by atoms with Crippen LogP contribution in [0.25, 0.3) is 0 Å². The first-order valence-electron chi connectivity index (χ1n) is 7.87. The zero-order chi connectivity index (χ0) is 17.6. The lowest BCUT2D eigenvalue weighted by Crippen LogP contribution is -2.44. The predicted molar refractivity (Wildman–Crippen MR) is 91.1 cm³/mol. The van der Waals surface area contributed by atoms with Crippen molar-refractivity contribution in [2.24, 2.45) is 0 Å². The second-order valence-electron chi connectivity index (χ2n) is 5.97. The fraction of sp³-hybridized carbons (Fsp3) is 0.562. The normalized spacial score (nSPS) is 17.3. The van der Waals surface area contributed by atoms with Gasteiger partial charge in [0.25, 0.3) is 0 Å². The molecule has 4 N–H and O–H groups in total. The van der Waals surface area contributed by atoms with Gasteiger partial charge >= 0.3 is 6.09 Å². The predicted octanol–water partition coefficient (Wildman–Crippen LogP) is 2.24. The van der Waals surface area contributed by atoms with Gasteiger partial charge in [-0.15, -0.1) is 0 Å². The number of nitrogens with zero attached hydrogens (tertiary/aromatic N) is 2. The van der Waals surface area contributed by atoms with Gasteiger partial charge in [0, 0.05) is 6.20 Å². The molecule has 0 aliphatic heterocycles. The van der Waals surface area contributed by atoms with Gasteiger partial charge < -0.3 is 20.8 Å². The molecule has 24 heavy (non-hydrogen) atoms. The van der Waals surface area contributed by atoms with Gasteiger partial charge in [-0.25, -0.2) is 9.78 Å². The molecule has 1 amide bonds. The van der Waals surface area contributed by atoms with E-state index < -0.39 is 17.7 Å². The number of amides is 1. The van der Waals surface area contributed by atoms with Crippen molar-refractivity contribution in [2.45, 2.75) is 50.6 Å². The van der Waals surface area contributed by atoms with E-state index in [2.05, 4.69) is 32.4 Å². The van der Waals surface area contributed by atoms with Crippen LogP contribution in [-0.2, 0) is 0 Å². The van der Waals surface area contributed by atoms with Crippen molar-refractivity contribution in [2.75, 3.05) is 11.9 Å². The van der Waals surface area contributed by atoms with Crippen molar-refractivity contribution in [3.05, 3.63) is 17.0 Å². The number of hydrogen-bond donors (Lipinski definition) is 4. The van der Waals surface area contributed by atoms with Crippen molar-refractivity contribution in [1.29, 1.82) is 0 Å². The highest BCUT2D eigenvalue weighted by Gasteiger charge is 2.32. The van der Waals surface area contributed by atoms with Crippen LogP contribution in [-0.4, -0.2) is 44.5 Å². The molecule has 0 saturated heterocycles. The topological polar surface area (TPSA) is 107 Å². The Morgan fingerprint density at radius 1 is 1.46 bits per heavy atom. The molecule has 130 valence electrons. The largest absolute Gasteiger partial charge is 0.465 e. The summed E-state index contributed by atoms with van der Waals surface area (Å²) in [6.45, 7) is 1.64. The Bertz CT molecular complexity index is 650. The van der Waals surface area contributed by atoms with E-state index in [1.807, 2.05) is 0 Å². The zero-order valence-corrected chi connectivity index (χ0v) is 14.2. The number of anilines is 1. The summed E-state index contributed by atoms with van der Waals surface area (Å²) in [5.41, 5.74) is 0.0777. The first kappa shape index (κ1) is 18.3. The SMILES string of the molecule is C[C@@H](C#Cc1cnc(Cl)nc1NC1(CO)CCCCC1)NC(=O)O. The molecule has 2 rings (SSSR count). The van der Waals surface area contributed by atoms with Crippen molar-refractivity contribution in [3.63, 3.8) is 0 Å². The van der Waals surface area contributed by atoms with Crippen LogP contribution in [0.1, 0.15) is 44.6 Å². The molecule has 1 heterocycles. The Morgan fingerprint density at radius 3 is 2.79 bits per heavy atom. The quantitative estimate of drug-likeness (QED) is 0.489. The van der Waals surface area contributed by atoms with Gasteiger partial charge in [-0.05, 0) is 31.4 Å². The molecule has 0 radical (unpaired) electrons. The number of carboxylic acid groups (broad SMARTS) is 1. The van der Waals surface area contributed by atoms with Crippen LogP contribution in [0, 0.1) is 11.8 Å². The first-order valence-corrected chi connectivity index (χ1v) is 8.24. The molecule has 0 unspecified atom stereocenters. The van der Waals surface area contributed by atoms with E-state index in [9.17, 15) is 9.90 Å². The Hall–Kier alpha value is -2.04. The maximum Gasteiger partial charge on any atom is 0.405 e. The maximum absolute atomic E-state index is 10.6. The van der Waals surface area contributed by atoms with Crippen LogP contribution in [0.5, 0.6) is 0 Å². The Morgan fingerprint density at radius 2 is 2.17 bits per heavy atom. The van der Waals surface area contributed by atoms with Crippen molar-refractivity contribution in [3.8, 4) is 11.8 Å². The smallest absolute Gasteiger partial charge is 0.405 e. The molecule has 0 spiro atoms. The average Bonchev–Trinajstić information content (AvgIpc) is 2.54. The van der Waals surface area contributed by atoms with Crippen LogP contribution < -0.4 is 10.6 Å². The van der Waals surface area contributed by atoms with E-state index in [4.69, 9.17) is 16.7 Å². The monoisotopic (exact) mass is 352 g/mol. The summed E-state index contributed by atoms with van der Waals surface area (Å²) in [5, 5.41) is 24.2. The van der Waals surface area contributed by atoms with Crippen LogP contribution in [0.3, 0.4) is 0 Å². The highest BCUT2D eigenvalue weighted by atomic mass is 35.5. The lowest BCUT2D eigenvalue weighted by molar-refractivity contribution is 0.172. The molecule has 1 atom stereocenters. The minimum absolute atomic E-state index is 0.00152. The number of rotatable bonds is 4. The lowest BCUT2D eigenvalue weighted by Gasteiger charge is -2.37. The van der Waals surface area contributed by atoms with Gasteiger partial charge in [0.1, 0.15) is 5.82 Å². The van der Waals surface area contributed by atoms with Gasteiger partial charge in [0.15, 0.2) is 0 Å². The fourth-order valence-electron chi connectivity index (χ4n) is 2.76. The summed E-state index contributed by atoms with van der Waals surface area (Å²) in [6.07, 6.45) is 5.26. The number of aromatic nitrogens is 2. The molecular formula is C16H21ClN4O3. The lowest BCUT2D eigenvalue weighted by atomic mass is 9.82. The molecular weight excluding hydrogens is 332 g/mol. The number of halogens is 1. The average molecular weight is 353 g/mol. The van der Waals surface area contributed by atoms with E-state index in [1.165, 1.54) is 6.20 Å². The van der Waals surface area contributed by atoms with Crippen LogP contribution in [0.15, 0.2) is 6.20 Å². The van der Waals surface area contributed by atoms with Gasteiger partial charge in [-0.2, -0.15) is 4.98 Å². The van der Waals surface area contributed by atoms with Crippen LogP contribution >= 0.6 is 11.6 Å². The molecule has 7 nitrogen and oxygen atoms in total. The maximum atomic E-state index is 10.6. The highest BCUT2D eigenvalue weighted by Crippen LogP contribution is 2.31. The Balaban J connectivity index is 2.24. The van der Waals surface area contributed by atoms with Crippen molar-refractivity contribution in [1.82, 2.24) is 15.3 Å². The van der Waals surface area contributed by atoms with Crippen LogP contribution in [0.4, 0.5) is 10.6 Å². The van der Waals surface area contributed by atoms with Crippen molar-refractivity contribution >= 4 is 23.5 Å². The minimum Gasteiger partial charge on any atom is -0.465 e. The molecule has 8 heteroatoms. The van der Waals surface area contributed by atoms with Crippen molar-refractivity contribution < 1.29 is 15.0 Å². The molecule has 1 aromatic rings. The zero-order valence-electron chi connectivity index (χ0n) is 13.5. The number of hydrogen-bond acceptors (Lipinski definition) is 5. The number of aliphatic hydroxyl groups is 1. The van der Waals surface area contributed by atoms with E-state index in [0.717, 1.165) is 32.1 Å². The van der Waals surface area contributed by atoms with E-state index in [0.29, 0.717) is 11.4 Å². The second-order valence-corrected chi connectivity index (χ2v) is 6.30. The third kappa shape index (κ3) is 4.98. The number of nitrogens with one attached hydrogen (secondary N) is 2. The van der Waals surface area contributed by atoms with E-state index in [-0.39, 0.29) is 11.9 Å². The molecule has 0 aromatic carbocycles. The Kier molecular flexibility index (Phi) is 6.23. The summed E-state index contributed by atoms with van der Waals surface area (Å²) in [5.74, 6) is 6.12. The number of carbonyl (C=O) groups is 1. The summed E-state index contributed by atoms with van der Waals surface area (Å²) in [4.78, 5) is 18.7. The molecule has 1 aliphatic rings. The summed E-state index contributed by atoms with van der Waals surface area (Å²) >= 11 is 5.89. The first-order chi connectivity index (χ1) is 11.4. The van der Waals surface area contributed by atoms with Crippen LogP contribution in [0.2, 0.25) is 5.28 Å². The standard InChI is InChI=1S/C16H21ClN4O3/c1-11(19-15(23)24)5-6-12-9-18-14(17)20-13(12)21-16(10-22)7-3-2-4-8-16/h9,11,19,22H,2-4,7-8,10H2,1H3,(H,23,24)(H,18,20,21)/t11-/m0/s1. The van der Waals surface area contributed by atoms with Gasteiger partial charge in [0.2, 0.25) is 5.28 Å². The molecule has 1 aromatic heterocycles. The number of aliphatic hydroxyl groups excluding tert-OH is 1. The van der Waals surface area contributed by atoms with E-state index in [1.54, 1.807) is 6.92 Å². The highest BCUT2D eigenvalue weighted by molar-refractivity contribution is 6.28.